The Labute approximate surface area is 128 Å². The van der Waals surface area contributed by atoms with E-state index >= 15 is 0 Å². The van der Waals surface area contributed by atoms with Crippen LogP contribution in [0.4, 0.5) is 0 Å². The van der Waals surface area contributed by atoms with Gasteiger partial charge in [-0.1, -0.05) is 30.3 Å². The average molecular weight is 313 g/mol. The average Bonchev–Trinajstić information content (AvgIpc) is 2.45. The number of nitrogens with zero attached hydrogens (tertiary/aromatic N) is 1. The van der Waals surface area contributed by atoms with Gasteiger partial charge in [0, 0.05) is 13.1 Å². The van der Waals surface area contributed by atoms with E-state index in [-0.39, 0.29) is 5.75 Å². The molecule has 0 aromatic heterocycles. The number of benzene rings is 1. The minimum Gasteiger partial charge on any atom is -0.320 e. The van der Waals surface area contributed by atoms with Crippen LogP contribution in [0.5, 0.6) is 0 Å². The quantitative estimate of drug-likeness (QED) is 0.599. The molecule has 1 aromatic carbocycles. The third-order valence-corrected chi connectivity index (χ3v) is 4.64. The Morgan fingerprint density at radius 3 is 2.48 bits per heavy atom. The second kappa shape index (κ2) is 9.89. The van der Waals surface area contributed by atoms with Crippen LogP contribution >= 0.6 is 0 Å². The molecule has 0 aliphatic rings. The maximum absolute atomic E-state index is 11.7. The second-order valence-electron chi connectivity index (χ2n) is 5.25. The van der Waals surface area contributed by atoms with Crippen molar-refractivity contribution in [2.75, 3.05) is 39.5 Å². The predicted octanol–water partition coefficient (Wildman–Crippen LogP) is 1.04. The first-order chi connectivity index (χ1) is 10.0. The zero-order chi connectivity index (χ0) is 15.6. The molecule has 5 nitrogen and oxygen atoms in total. The van der Waals surface area contributed by atoms with E-state index in [4.69, 9.17) is 0 Å². The molecule has 0 amide bonds. The van der Waals surface area contributed by atoms with Crippen molar-refractivity contribution in [3.05, 3.63) is 35.9 Å². The van der Waals surface area contributed by atoms with Gasteiger partial charge in [-0.05, 0) is 45.6 Å². The summed E-state index contributed by atoms with van der Waals surface area (Å²) >= 11 is 0. The van der Waals surface area contributed by atoms with E-state index in [9.17, 15) is 8.42 Å². The van der Waals surface area contributed by atoms with Gasteiger partial charge in [-0.15, -0.1) is 0 Å². The molecule has 0 unspecified atom stereocenters. The van der Waals surface area contributed by atoms with E-state index in [1.54, 1.807) is 0 Å². The molecule has 0 saturated heterocycles. The van der Waals surface area contributed by atoms with Crippen molar-refractivity contribution in [3.8, 4) is 0 Å². The Morgan fingerprint density at radius 2 is 1.81 bits per heavy atom. The molecule has 120 valence electrons. The van der Waals surface area contributed by atoms with Gasteiger partial charge in [0.1, 0.15) is 0 Å². The largest absolute Gasteiger partial charge is 0.320 e. The van der Waals surface area contributed by atoms with Crippen LogP contribution in [0.15, 0.2) is 30.3 Å². The van der Waals surface area contributed by atoms with E-state index in [0.29, 0.717) is 13.0 Å². The summed E-state index contributed by atoms with van der Waals surface area (Å²) in [5.74, 6) is 0.188. The number of sulfonamides is 1. The Bertz CT molecular complexity index is 477. The van der Waals surface area contributed by atoms with Crippen LogP contribution in [-0.4, -0.2) is 52.8 Å². The Hall–Kier alpha value is -0.950. The lowest BCUT2D eigenvalue weighted by atomic mass is 10.2. The lowest BCUT2D eigenvalue weighted by Gasteiger charge is -2.16. The summed E-state index contributed by atoms with van der Waals surface area (Å²) in [6, 6.07) is 10.3. The van der Waals surface area contributed by atoms with E-state index in [0.717, 1.165) is 26.1 Å². The molecular formula is C15H27N3O2S. The summed E-state index contributed by atoms with van der Waals surface area (Å²) < 4.78 is 26.0. The SMILES string of the molecule is CNCCCS(=O)(=O)NCCCN(C)Cc1ccccc1. The van der Waals surface area contributed by atoms with E-state index in [2.05, 4.69) is 34.1 Å². The molecule has 0 spiro atoms. The van der Waals surface area contributed by atoms with Crippen molar-refractivity contribution in [1.29, 1.82) is 0 Å². The van der Waals surface area contributed by atoms with Crippen molar-refractivity contribution < 1.29 is 8.42 Å². The molecular weight excluding hydrogens is 286 g/mol. The van der Waals surface area contributed by atoms with E-state index in [1.165, 1.54) is 5.56 Å². The second-order valence-corrected chi connectivity index (χ2v) is 7.17. The number of hydrogen-bond acceptors (Lipinski definition) is 4. The van der Waals surface area contributed by atoms with Crippen molar-refractivity contribution in [3.63, 3.8) is 0 Å². The first-order valence-electron chi connectivity index (χ1n) is 7.38. The summed E-state index contributed by atoms with van der Waals surface area (Å²) in [7, 11) is 0.753. The van der Waals surface area contributed by atoms with Crippen LogP contribution in [-0.2, 0) is 16.6 Å². The topological polar surface area (TPSA) is 61.4 Å². The normalized spacial score (nSPS) is 12.0. The van der Waals surface area contributed by atoms with Gasteiger partial charge in [-0.3, -0.25) is 0 Å². The molecule has 6 heteroatoms. The van der Waals surface area contributed by atoms with Crippen LogP contribution in [0.3, 0.4) is 0 Å². The molecule has 1 rings (SSSR count). The molecule has 0 heterocycles. The van der Waals surface area contributed by atoms with Gasteiger partial charge in [0.25, 0.3) is 0 Å². The smallest absolute Gasteiger partial charge is 0.211 e. The van der Waals surface area contributed by atoms with Gasteiger partial charge in [0.05, 0.1) is 5.75 Å². The van der Waals surface area contributed by atoms with Crippen molar-refractivity contribution in [2.45, 2.75) is 19.4 Å². The van der Waals surface area contributed by atoms with Crippen molar-refractivity contribution >= 4 is 10.0 Å². The highest BCUT2D eigenvalue weighted by Crippen LogP contribution is 2.02. The van der Waals surface area contributed by atoms with Crippen molar-refractivity contribution in [1.82, 2.24) is 14.9 Å². The van der Waals surface area contributed by atoms with Crippen LogP contribution in [0, 0.1) is 0 Å². The van der Waals surface area contributed by atoms with Crippen LogP contribution in [0.25, 0.3) is 0 Å². The Kier molecular flexibility index (Phi) is 8.52. The van der Waals surface area contributed by atoms with Crippen LogP contribution in [0.1, 0.15) is 18.4 Å². The standard InChI is InChI=1S/C15H27N3O2S/c1-16-10-7-13-21(19,20)17-11-6-12-18(2)14-15-8-4-3-5-9-15/h3-5,8-9,16-17H,6-7,10-14H2,1-2H3. The first kappa shape index (κ1) is 18.1. The lowest BCUT2D eigenvalue weighted by Crippen LogP contribution is -2.30. The fourth-order valence-electron chi connectivity index (χ4n) is 2.06. The van der Waals surface area contributed by atoms with E-state index in [1.807, 2.05) is 25.2 Å². The maximum atomic E-state index is 11.7. The summed E-state index contributed by atoms with van der Waals surface area (Å²) in [5, 5.41) is 2.95. The van der Waals surface area contributed by atoms with Gasteiger partial charge in [-0.2, -0.15) is 0 Å². The third-order valence-electron chi connectivity index (χ3n) is 3.17. The van der Waals surface area contributed by atoms with Gasteiger partial charge >= 0.3 is 0 Å². The molecule has 0 radical (unpaired) electrons. The monoisotopic (exact) mass is 313 g/mol. The summed E-state index contributed by atoms with van der Waals surface area (Å²) in [5.41, 5.74) is 1.27. The summed E-state index contributed by atoms with van der Waals surface area (Å²) in [6.45, 7) is 2.98. The Morgan fingerprint density at radius 1 is 1.10 bits per heavy atom. The number of nitrogens with one attached hydrogen (secondary N) is 2. The minimum atomic E-state index is -3.12. The number of rotatable bonds is 11. The molecule has 1 aromatic rings. The highest BCUT2D eigenvalue weighted by atomic mass is 32.2. The van der Waals surface area contributed by atoms with Gasteiger partial charge in [0.15, 0.2) is 0 Å². The van der Waals surface area contributed by atoms with Gasteiger partial charge < -0.3 is 10.2 Å². The minimum absolute atomic E-state index is 0.188. The van der Waals surface area contributed by atoms with Gasteiger partial charge in [-0.25, -0.2) is 13.1 Å². The molecule has 0 atom stereocenters. The summed E-state index contributed by atoms with van der Waals surface area (Å²) in [6.07, 6.45) is 1.45. The maximum Gasteiger partial charge on any atom is 0.211 e. The van der Waals surface area contributed by atoms with Crippen LogP contribution in [0.2, 0.25) is 0 Å². The van der Waals surface area contributed by atoms with Gasteiger partial charge in [0.2, 0.25) is 10.0 Å². The Balaban J connectivity index is 2.15. The van der Waals surface area contributed by atoms with Crippen LogP contribution < -0.4 is 10.0 Å². The van der Waals surface area contributed by atoms with E-state index < -0.39 is 10.0 Å². The highest BCUT2D eigenvalue weighted by Gasteiger charge is 2.08. The first-order valence-corrected chi connectivity index (χ1v) is 9.03. The molecule has 0 aliphatic carbocycles. The lowest BCUT2D eigenvalue weighted by molar-refractivity contribution is 0.322. The molecule has 0 bridgehead atoms. The zero-order valence-electron chi connectivity index (χ0n) is 13.0. The fourth-order valence-corrected chi connectivity index (χ4v) is 3.19. The van der Waals surface area contributed by atoms with Crippen molar-refractivity contribution in [2.24, 2.45) is 0 Å². The number of hydrogen-bond donors (Lipinski definition) is 2. The zero-order valence-corrected chi connectivity index (χ0v) is 13.8. The predicted molar refractivity (Wildman–Crippen MR) is 87.7 cm³/mol. The fraction of sp³-hybridized carbons (Fsp3) is 0.600. The molecule has 0 saturated carbocycles. The highest BCUT2D eigenvalue weighted by molar-refractivity contribution is 7.89. The molecule has 0 aliphatic heterocycles. The molecule has 2 N–H and O–H groups in total. The summed E-state index contributed by atoms with van der Waals surface area (Å²) in [4.78, 5) is 2.20. The third kappa shape index (κ3) is 8.83. The molecule has 21 heavy (non-hydrogen) atoms. The molecule has 0 fully saturated rings.